The van der Waals surface area contributed by atoms with Crippen LogP contribution in [0.5, 0.6) is 0 Å². The van der Waals surface area contributed by atoms with Gasteiger partial charge < -0.3 is 15.5 Å². The first-order chi connectivity index (χ1) is 15.7. The molecule has 8 nitrogen and oxygen atoms in total. The van der Waals surface area contributed by atoms with Crippen molar-refractivity contribution in [3.8, 4) is 0 Å². The molecule has 32 heavy (non-hydrogen) atoms. The predicted molar refractivity (Wildman–Crippen MR) is 125 cm³/mol. The lowest BCUT2D eigenvalue weighted by Gasteiger charge is -2.23. The molecule has 166 valence electrons. The third-order valence-corrected chi connectivity index (χ3v) is 6.45. The Morgan fingerprint density at radius 2 is 1.84 bits per heavy atom. The van der Waals surface area contributed by atoms with Gasteiger partial charge in [0.2, 0.25) is 5.95 Å². The van der Waals surface area contributed by atoms with Gasteiger partial charge in [-0.3, -0.25) is 4.79 Å². The van der Waals surface area contributed by atoms with Crippen LogP contribution in [0.2, 0.25) is 0 Å². The molecular formula is C24H29N7O. The van der Waals surface area contributed by atoms with Crippen molar-refractivity contribution in [2.45, 2.75) is 57.9 Å². The molecule has 0 radical (unpaired) electrons. The molecule has 2 N–H and O–H groups in total. The van der Waals surface area contributed by atoms with Crippen molar-refractivity contribution >= 4 is 34.4 Å². The fourth-order valence-electron chi connectivity index (χ4n) is 4.55. The van der Waals surface area contributed by atoms with Crippen LogP contribution >= 0.6 is 0 Å². The first-order valence-electron chi connectivity index (χ1n) is 11.6. The molecule has 1 saturated carbocycles. The van der Waals surface area contributed by atoms with Gasteiger partial charge in [0.05, 0.1) is 6.20 Å². The van der Waals surface area contributed by atoms with Crippen molar-refractivity contribution < 1.29 is 4.79 Å². The minimum absolute atomic E-state index is 0.0221. The van der Waals surface area contributed by atoms with Crippen LogP contribution < -0.4 is 15.5 Å². The maximum Gasteiger partial charge on any atom is 0.251 e. The molecule has 2 aliphatic rings. The van der Waals surface area contributed by atoms with Crippen LogP contribution in [0.1, 0.15) is 60.9 Å². The summed E-state index contributed by atoms with van der Waals surface area (Å²) >= 11 is 0. The van der Waals surface area contributed by atoms with Crippen LogP contribution in [-0.2, 0) is 0 Å². The molecule has 1 aromatic carbocycles. The van der Waals surface area contributed by atoms with Crippen molar-refractivity contribution in [1.82, 2.24) is 25.3 Å². The highest BCUT2D eigenvalue weighted by atomic mass is 16.1. The lowest BCUT2D eigenvalue weighted by molar-refractivity contribution is 0.0928. The van der Waals surface area contributed by atoms with E-state index in [4.69, 9.17) is 4.98 Å². The number of amides is 1. The zero-order valence-electron chi connectivity index (χ0n) is 18.5. The lowest BCUT2D eigenvalue weighted by Crippen LogP contribution is -2.36. The van der Waals surface area contributed by atoms with Crippen molar-refractivity contribution in [3.63, 3.8) is 0 Å². The van der Waals surface area contributed by atoms with E-state index in [-0.39, 0.29) is 11.9 Å². The third kappa shape index (κ3) is 4.35. The van der Waals surface area contributed by atoms with E-state index in [1.807, 2.05) is 25.1 Å². The molecule has 0 atom stereocenters. The molecule has 0 spiro atoms. The molecule has 1 saturated heterocycles. The summed E-state index contributed by atoms with van der Waals surface area (Å²) in [5.41, 5.74) is 3.88. The van der Waals surface area contributed by atoms with Gasteiger partial charge in [-0.15, -0.1) is 0 Å². The first-order valence-corrected chi connectivity index (χ1v) is 11.6. The number of fused-ring (bicyclic) bond motifs is 1. The second kappa shape index (κ2) is 9.06. The van der Waals surface area contributed by atoms with E-state index in [1.54, 1.807) is 6.20 Å². The Labute approximate surface area is 187 Å². The molecule has 2 fully saturated rings. The molecule has 3 aromatic rings. The summed E-state index contributed by atoms with van der Waals surface area (Å²) in [4.78, 5) is 33.1. The van der Waals surface area contributed by atoms with E-state index in [0.717, 1.165) is 50.0 Å². The zero-order chi connectivity index (χ0) is 21.9. The van der Waals surface area contributed by atoms with Crippen LogP contribution in [0.25, 0.3) is 11.0 Å². The zero-order valence-corrected chi connectivity index (χ0v) is 18.5. The SMILES string of the molecule is Cc1ccc(C(=O)NC2CCCCC2)cc1Nc1ncnc2cnc(N3CCCC3)nc12. The number of hydrogen-bond donors (Lipinski definition) is 2. The summed E-state index contributed by atoms with van der Waals surface area (Å²) in [6.45, 7) is 3.96. The Hall–Kier alpha value is -3.29. The highest BCUT2D eigenvalue weighted by Crippen LogP contribution is 2.27. The first kappa shape index (κ1) is 20.6. The van der Waals surface area contributed by atoms with Gasteiger partial charge in [-0.2, -0.15) is 0 Å². The van der Waals surface area contributed by atoms with Crippen molar-refractivity contribution in [1.29, 1.82) is 0 Å². The molecule has 0 bridgehead atoms. The van der Waals surface area contributed by atoms with E-state index >= 15 is 0 Å². The number of carbonyl (C=O) groups is 1. The monoisotopic (exact) mass is 431 g/mol. The fourth-order valence-corrected chi connectivity index (χ4v) is 4.55. The number of benzene rings is 1. The van der Waals surface area contributed by atoms with Gasteiger partial charge in [-0.25, -0.2) is 19.9 Å². The van der Waals surface area contributed by atoms with E-state index in [2.05, 4.69) is 30.5 Å². The smallest absolute Gasteiger partial charge is 0.251 e. The largest absolute Gasteiger partial charge is 0.349 e. The normalized spacial score (nSPS) is 17.0. The van der Waals surface area contributed by atoms with E-state index < -0.39 is 0 Å². The Morgan fingerprint density at radius 3 is 2.66 bits per heavy atom. The minimum atomic E-state index is -0.0221. The second-order valence-electron chi connectivity index (χ2n) is 8.78. The molecule has 1 aliphatic carbocycles. The summed E-state index contributed by atoms with van der Waals surface area (Å²) in [5.74, 6) is 1.31. The Morgan fingerprint density at radius 1 is 1.03 bits per heavy atom. The van der Waals surface area contributed by atoms with Gasteiger partial charge in [-0.1, -0.05) is 25.3 Å². The van der Waals surface area contributed by atoms with E-state index in [0.29, 0.717) is 28.4 Å². The number of anilines is 3. The molecule has 1 amide bonds. The van der Waals surface area contributed by atoms with Gasteiger partial charge in [0.25, 0.3) is 5.91 Å². The molecule has 1 aliphatic heterocycles. The summed E-state index contributed by atoms with van der Waals surface area (Å²) in [6, 6.07) is 6.01. The summed E-state index contributed by atoms with van der Waals surface area (Å²) in [7, 11) is 0. The number of carbonyl (C=O) groups excluding carboxylic acids is 1. The maximum atomic E-state index is 12.8. The minimum Gasteiger partial charge on any atom is -0.349 e. The highest BCUT2D eigenvalue weighted by Gasteiger charge is 2.19. The number of aromatic nitrogens is 4. The van der Waals surface area contributed by atoms with Gasteiger partial charge >= 0.3 is 0 Å². The Kier molecular flexibility index (Phi) is 5.83. The summed E-state index contributed by atoms with van der Waals surface area (Å²) in [5, 5.41) is 6.59. The predicted octanol–water partition coefficient (Wildman–Crippen LogP) is 4.13. The molecular weight excluding hydrogens is 402 g/mol. The Bertz CT molecular complexity index is 1120. The number of rotatable bonds is 5. The maximum absolute atomic E-state index is 12.8. The van der Waals surface area contributed by atoms with Crippen molar-refractivity contribution in [2.75, 3.05) is 23.3 Å². The van der Waals surface area contributed by atoms with Crippen LogP contribution in [0.4, 0.5) is 17.5 Å². The average molecular weight is 432 g/mol. The van der Waals surface area contributed by atoms with Crippen LogP contribution in [-0.4, -0.2) is 45.0 Å². The van der Waals surface area contributed by atoms with Gasteiger partial charge in [0.15, 0.2) is 5.82 Å². The van der Waals surface area contributed by atoms with Crippen LogP contribution in [0.15, 0.2) is 30.7 Å². The molecule has 8 heteroatoms. The fraction of sp³-hybridized carbons (Fsp3) is 0.458. The standard InChI is InChI=1S/C24H29N7O/c1-16-9-10-17(23(32)28-18-7-3-2-4-8-18)13-19(16)29-22-21-20(26-15-27-22)14-25-24(30-21)31-11-5-6-12-31/h9-10,13-15,18H,2-8,11-12H2,1H3,(H,28,32)(H,26,27,29). The highest BCUT2D eigenvalue weighted by molar-refractivity contribution is 5.96. The van der Waals surface area contributed by atoms with Crippen LogP contribution in [0.3, 0.4) is 0 Å². The average Bonchev–Trinajstić information content (AvgIpc) is 3.36. The molecule has 5 rings (SSSR count). The van der Waals surface area contributed by atoms with Crippen molar-refractivity contribution in [3.05, 3.63) is 41.9 Å². The number of hydrogen-bond acceptors (Lipinski definition) is 7. The molecule has 0 unspecified atom stereocenters. The number of aryl methyl sites for hydroxylation is 1. The van der Waals surface area contributed by atoms with Gasteiger partial charge in [0.1, 0.15) is 17.4 Å². The molecule has 3 heterocycles. The molecule has 2 aromatic heterocycles. The van der Waals surface area contributed by atoms with Crippen molar-refractivity contribution in [2.24, 2.45) is 0 Å². The van der Waals surface area contributed by atoms with Gasteiger partial charge in [-0.05, 0) is 50.3 Å². The Balaban J connectivity index is 1.41. The van der Waals surface area contributed by atoms with Gasteiger partial charge in [0, 0.05) is 30.4 Å². The number of nitrogens with zero attached hydrogens (tertiary/aromatic N) is 5. The quantitative estimate of drug-likeness (QED) is 0.627. The number of nitrogens with one attached hydrogen (secondary N) is 2. The lowest BCUT2D eigenvalue weighted by atomic mass is 9.95. The summed E-state index contributed by atoms with van der Waals surface area (Å²) in [6.07, 6.45) is 11.4. The van der Waals surface area contributed by atoms with Crippen LogP contribution in [0, 0.1) is 6.92 Å². The van der Waals surface area contributed by atoms with E-state index in [1.165, 1.54) is 25.6 Å². The van der Waals surface area contributed by atoms with E-state index in [9.17, 15) is 4.79 Å². The topological polar surface area (TPSA) is 95.9 Å². The summed E-state index contributed by atoms with van der Waals surface area (Å²) < 4.78 is 0. The third-order valence-electron chi connectivity index (χ3n) is 6.45. The second-order valence-corrected chi connectivity index (χ2v) is 8.78.